The second kappa shape index (κ2) is 11.4. The fraction of sp³-hybridized carbons (Fsp3) is 0.320. The van der Waals surface area contributed by atoms with Crippen molar-refractivity contribution in [3.63, 3.8) is 0 Å². The van der Waals surface area contributed by atoms with Crippen molar-refractivity contribution in [2.24, 2.45) is 0 Å². The highest BCUT2D eigenvalue weighted by molar-refractivity contribution is 7.98. The van der Waals surface area contributed by atoms with Gasteiger partial charge in [0, 0.05) is 51.6 Å². The number of halogens is 1. The minimum Gasteiger partial charge on any atom is -0.465 e. The number of rotatable bonds is 7. The van der Waals surface area contributed by atoms with Crippen LogP contribution in [0.2, 0.25) is 5.02 Å². The Morgan fingerprint density at radius 3 is 2.71 bits per heavy atom. The number of carboxylic acid groups (broad SMARTS) is 1. The molecule has 5 rings (SSSR count). The molecule has 38 heavy (non-hydrogen) atoms. The maximum Gasteiger partial charge on any atom is 0.405 e. The molecule has 0 saturated carbocycles. The molecule has 4 heterocycles. The summed E-state index contributed by atoms with van der Waals surface area (Å²) < 4.78 is 12.9. The summed E-state index contributed by atoms with van der Waals surface area (Å²) in [4.78, 5) is 38.2. The number of thioether (sulfide) groups is 1. The van der Waals surface area contributed by atoms with E-state index in [2.05, 4.69) is 20.3 Å². The lowest BCUT2D eigenvalue weighted by atomic mass is 10.0. The summed E-state index contributed by atoms with van der Waals surface area (Å²) in [7, 11) is 0. The SMILES string of the molecule is CSc1ncc2cc(-c3ccc(-c4csc(C)n4)cc3Cl)c(=O)n(CC[C@H]3OC[C@@H](NC(=O)O)CO3)c2n1. The molecule has 1 aromatic carbocycles. The third kappa shape index (κ3) is 5.69. The van der Waals surface area contributed by atoms with Crippen molar-refractivity contribution < 1.29 is 19.4 Å². The third-order valence-corrected chi connectivity index (χ3v) is 7.69. The Balaban J connectivity index is 1.47. The van der Waals surface area contributed by atoms with E-state index in [1.54, 1.807) is 28.2 Å². The van der Waals surface area contributed by atoms with Crippen LogP contribution in [0.25, 0.3) is 33.4 Å². The average molecular weight is 574 g/mol. The molecule has 3 aromatic heterocycles. The van der Waals surface area contributed by atoms with Crippen molar-refractivity contribution in [3.8, 4) is 22.4 Å². The summed E-state index contributed by atoms with van der Waals surface area (Å²) >= 11 is 9.64. The van der Waals surface area contributed by atoms with Crippen LogP contribution < -0.4 is 10.9 Å². The van der Waals surface area contributed by atoms with E-state index in [4.69, 9.17) is 26.2 Å². The van der Waals surface area contributed by atoms with Crippen LogP contribution in [-0.4, -0.2) is 62.5 Å². The molecule has 1 aliphatic heterocycles. The smallest absolute Gasteiger partial charge is 0.405 e. The summed E-state index contributed by atoms with van der Waals surface area (Å²) in [6.07, 6.45) is 2.22. The summed E-state index contributed by atoms with van der Waals surface area (Å²) in [5, 5.41) is 15.8. The number of aromatic nitrogens is 4. The number of hydrogen-bond acceptors (Lipinski definition) is 9. The lowest BCUT2D eigenvalue weighted by Gasteiger charge is -2.29. The molecule has 10 nitrogen and oxygen atoms in total. The Morgan fingerprint density at radius 1 is 1.26 bits per heavy atom. The van der Waals surface area contributed by atoms with Crippen LogP contribution in [0, 0.1) is 6.92 Å². The Labute approximate surface area is 231 Å². The molecular formula is C25H24ClN5O5S2. The zero-order chi connectivity index (χ0) is 26.8. The molecule has 198 valence electrons. The van der Waals surface area contributed by atoms with Crippen molar-refractivity contribution in [1.82, 2.24) is 24.8 Å². The first-order valence-electron chi connectivity index (χ1n) is 11.7. The van der Waals surface area contributed by atoms with Gasteiger partial charge in [0.25, 0.3) is 5.56 Å². The largest absolute Gasteiger partial charge is 0.465 e. The molecular weight excluding hydrogens is 550 g/mol. The van der Waals surface area contributed by atoms with E-state index < -0.39 is 18.4 Å². The van der Waals surface area contributed by atoms with E-state index in [1.165, 1.54) is 11.8 Å². The first kappa shape index (κ1) is 26.6. The van der Waals surface area contributed by atoms with E-state index in [9.17, 15) is 9.59 Å². The number of aryl methyl sites for hydroxylation is 2. The number of fused-ring (bicyclic) bond motifs is 1. The predicted molar refractivity (Wildman–Crippen MR) is 147 cm³/mol. The van der Waals surface area contributed by atoms with E-state index in [0.717, 1.165) is 16.3 Å². The zero-order valence-electron chi connectivity index (χ0n) is 20.5. The van der Waals surface area contributed by atoms with E-state index in [0.29, 0.717) is 38.8 Å². The molecule has 0 spiro atoms. The van der Waals surface area contributed by atoms with Crippen LogP contribution in [0.5, 0.6) is 0 Å². The quantitative estimate of drug-likeness (QED) is 0.239. The monoisotopic (exact) mass is 573 g/mol. The van der Waals surface area contributed by atoms with Gasteiger partial charge in [-0.15, -0.1) is 11.3 Å². The maximum atomic E-state index is 13.8. The van der Waals surface area contributed by atoms with Crippen LogP contribution >= 0.6 is 34.7 Å². The molecule has 0 radical (unpaired) electrons. The highest BCUT2D eigenvalue weighted by atomic mass is 35.5. The molecule has 1 amide bonds. The molecule has 0 atom stereocenters. The summed E-state index contributed by atoms with van der Waals surface area (Å²) in [6.45, 7) is 2.59. The van der Waals surface area contributed by atoms with Crippen LogP contribution in [-0.2, 0) is 16.0 Å². The molecule has 1 aliphatic rings. The van der Waals surface area contributed by atoms with Gasteiger partial charge in [0.2, 0.25) is 0 Å². The second-order valence-electron chi connectivity index (χ2n) is 8.63. The highest BCUT2D eigenvalue weighted by Crippen LogP contribution is 2.32. The standard InChI is InChI=1S/C25H24ClN5O5S2/c1-13-28-20(12-38-13)14-3-4-17(19(26)8-14)18-7-15-9-27-24(37-2)30-22(15)31(23(18)32)6-5-21-35-10-16(11-36-21)29-25(33)34/h3-4,7-9,12,16,21,29H,5-6,10-11H2,1-2H3,(H,33,34)/t16-,21+. The Hall–Kier alpha value is -3.03. The predicted octanol–water partition coefficient (Wildman–Crippen LogP) is 4.66. The number of amides is 1. The molecule has 0 aliphatic carbocycles. The molecule has 1 saturated heterocycles. The fourth-order valence-electron chi connectivity index (χ4n) is 4.23. The first-order valence-corrected chi connectivity index (χ1v) is 14.2. The van der Waals surface area contributed by atoms with Gasteiger partial charge in [-0.05, 0) is 25.3 Å². The van der Waals surface area contributed by atoms with Gasteiger partial charge in [-0.3, -0.25) is 9.36 Å². The molecule has 1 fully saturated rings. The van der Waals surface area contributed by atoms with E-state index >= 15 is 0 Å². The van der Waals surface area contributed by atoms with E-state index in [1.807, 2.05) is 36.8 Å². The number of nitrogens with zero attached hydrogens (tertiary/aromatic N) is 4. The third-order valence-electron chi connectivity index (χ3n) is 6.04. The van der Waals surface area contributed by atoms with Gasteiger partial charge in [-0.2, -0.15) is 0 Å². The van der Waals surface area contributed by atoms with Crippen molar-refractivity contribution in [2.45, 2.75) is 37.4 Å². The number of ether oxygens (including phenoxy) is 2. The van der Waals surface area contributed by atoms with Crippen LogP contribution in [0.3, 0.4) is 0 Å². The zero-order valence-corrected chi connectivity index (χ0v) is 22.9. The lowest BCUT2D eigenvalue weighted by molar-refractivity contribution is -0.192. The lowest BCUT2D eigenvalue weighted by Crippen LogP contribution is -2.46. The number of carbonyl (C=O) groups is 1. The van der Waals surface area contributed by atoms with Gasteiger partial charge in [-0.25, -0.2) is 19.7 Å². The van der Waals surface area contributed by atoms with E-state index in [-0.39, 0.29) is 25.3 Å². The summed E-state index contributed by atoms with van der Waals surface area (Å²) in [5.41, 5.74) is 3.00. The number of benzene rings is 1. The molecule has 4 aromatic rings. The van der Waals surface area contributed by atoms with Gasteiger partial charge in [-0.1, -0.05) is 35.5 Å². The topological polar surface area (TPSA) is 128 Å². The van der Waals surface area contributed by atoms with Gasteiger partial charge in [0.15, 0.2) is 11.4 Å². The highest BCUT2D eigenvalue weighted by Gasteiger charge is 2.24. The second-order valence-corrected chi connectivity index (χ2v) is 10.9. The number of nitrogens with one attached hydrogen (secondary N) is 1. The van der Waals surface area contributed by atoms with Gasteiger partial charge in [0.05, 0.1) is 30.0 Å². The van der Waals surface area contributed by atoms with Crippen LogP contribution in [0.15, 0.2) is 45.8 Å². The molecule has 2 N–H and O–H groups in total. The average Bonchev–Trinajstić information content (AvgIpc) is 3.34. The minimum absolute atomic E-state index is 0.186. The minimum atomic E-state index is -1.13. The van der Waals surface area contributed by atoms with Gasteiger partial charge in [0.1, 0.15) is 5.65 Å². The first-order chi connectivity index (χ1) is 18.3. The van der Waals surface area contributed by atoms with Crippen LogP contribution in [0.4, 0.5) is 4.79 Å². The van der Waals surface area contributed by atoms with Crippen molar-refractivity contribution >= 4 is 51.8 Å². The number of hydrogen-bond donors (Lipinski definition) is 2. The number of pyridine rings is 1. The normalized spacial score (nSPS) is 17.6. The molecule has 0 unspecified atom stereocenters. The molecule has 13 heteroatoms. The molecule has 0 bridgehead atoms. The Morgan fingerprint density at radius 2 is 2.05 bits per heavy atom. The van der Waals surface area contributed by atoms with Gasteiger partial charge < -0.3 is 19.9 Å². The number of thiazole rings is 1. The van der Waals surface area contributed by atoms with Crippen molar-refractivity contribution in [2.75, 3.05) is 19.5 Å². The van der Waals surface area contributed by atoms with Crippen molar-refractivity contribution in [3.05, 3.63) is 56.2 Å². The Bertz CT molecular complexity index is 1550. The summed E-state index contributed by atoms with van der Waals surface area (Å²) in [6, 6.07) is 6.88. The van der Waals surface area contributed by atoms with Gasteiger partial charge >= 0.3 is 6.09 Å². The van der Waals surface area contributed by atoms with Crippen LogP contribution in [0.1, 0.15) is 11.4 Å². The maximum absolute atomic E-state index is 13.8. The van der Waals surface area contributed by atoms with Crippen molar-refractivity contribution in [1.29, 1.82) is 0 Å². The Kier molecular flexibility index (Phi) is 7.96. The summed E-state index contributed by atoms with van der Waals surface area (Å²) in [5.74, 6) is 0. The fourth-order valence-corrected chi connectivity index (χ4v) is 5.47.